The molecule has 0 aliphatic carbocycles. The van der Waals surface area contributed by atoms with Crippen molar-refractivity contribution in [1.82, 2.24) is 5.32 Å². The van der Waals surface area contributed by atoms with E-state index in [-0.39, 0.29) is 11.3 Å². The zero-order valence-electron chi connectivity index (χ0n) is 14.8. The number of amides is 1. The molecule has 0 spiro atoms. The second-order valence-corrected chi connectivity index (χ2v) is 6.39. The first kappa shape index (κ1) is 17.9. The van der Waals surface area contributed by atoms with Crippen molar-refractivity contribution in [3.8, 4) is 11.5 Å². The van der Waals surface area contributed by atoms with Crippen LogP contribution in [0.3, 0.4) is 0 Å². The fourth-order valence-corrected chi connectivity index (χ4v) is 2.65. The van der Waals surface area contributed by atoms with E-state index in [1.165, 1.54) is 0 Å². The molecule has 0 unspecified atom stereocenters. The molecule has 1 amide bonds. The molecule has 0 aromatic heterocycles. The van der Waals surface area contributed by atoms with Gasteiger partial charge >= 0.3 is 0 Å². The average molecular weight is 327 g/mol. The second-order valence-electron chi connectivity index (χ2n) is 6.39. The van der Waals surface area contributed by atoms with Crippen LogP contribution in [-0.4, -0.2) is 20.1 Å². The highest BCUT2D eigenvalue weighted by Gasteiger charge is 2.23. The monoisotopic (exact) mass is 327 g/mol. The first-order valence-electron chi connectivity index (χ1n) is 7.99. The van der Waals surface area contributed by atoms with Gasteiger partial charge in [-0.05, 0) is 28.7 Å². The van der Waals surface area contributed by atoms with Crippen molar-refractivity contribution in [2.75, 3.05) is 14.2 Å². The smallest absolute Gasteiger partial charge is 0.221 e. The first-order valence-corrected chi connectivity index (χ1v) is 7.99. The van der Waals surface area contributed by atoms with Gasteiger partial charge in [0.25, 0.3) is 0 Å². The molecule has 2 aromatic carbocycles. The Kier molecular flexibility index (Phi) is 5.85. The maximum absolute atomic E-state index is 12.3. The summed E-state index contributed by atoms with van der Waals surface area (Å²) in [6.07, 6.45) is 0.435. The molecule has 128 valence electrons. The molecule has 2 rings (SSSR count). The molecule has 0 fully saturated rings. The minimum atomic E-state index is -0.205. The van der Waals surface area contributed by atoms with E-state index in [0.717, 1.165) is 11.1 Å². The summed E-state index contributed by atoms with van der Waals surface area (Å²) in [5, 5.41) is 2.98. The van der Waals surface area contributed by atoms with Gasteiger partial charge in [0.15, 0.2) is 11.5 Å². The lowest BCUT2D eigenvalue weighted by Crippen LogP contribution is -2.30. The second kappa shape index (κ2) is 7.86. The van der Waals surface area contributed by atoms with Gasteiger partial charge in [-0.3, -0.25) is 4.79 Å². The topological polar surface area (TPSA) is 47.6 Å². The minimum absolute atomic E-state index is 0.0265. The highest BCUT2D eigenvalue weighted by Crippen LogP contribution is 2.28. The van der Waals surface area contributed by atoms with Crippen molar-refractivity contribution >= 4 is 5.91 Å². The molecule has 24 heavy (non-hydrogen) atoms. The summed E-state index contributed by atoms with van der Waals surface area (Å²) in [5.74, 6) is 1.37. The summed E-state index contributed by atoms with van der Waals surface area (Å²) < 4.78 is 10.5. The third kappa shape index (κ3) is 4.51. The summed E-state index contributed by atoms with van der Waals surface area (Å²) in [6, 6.07) is 15.7. The van der Waals surface area contributed by atoms with E-state index < -0.39 is 0 Å². The van der Waals surface area contributed by atoms with E-state index in [2.05, 4.69) is 31.3 Å². The molecule has 0 aliphatic rings. The van der Waals surface area contributed by atoms with Crippen LogP contribution >= 0.6 is 0 Å². The van der Waals surface area contributed by atoms with Gasteiger partial charge in [0.2, 0.25) is 5.91 Å². The standard InChI is InChI=1S/C20H25NO3/c1-20(2,16-8-6-5-7-9-16)13-19(22)21-14-15-10-11-17(23-3)18(12-15)24-4/h5-12H,13-14H2,1-4H3,(H,21,22). The van der Waals surface area contributed by atoms with E-state index in [1.807, 2.05) is 36.4 Å². The molecule has 4 heteroatoms. The Bertz CT molecular complexity index is 681. The van der Waals surface area contributed by atoms with E-state index in [1.54, 1.807) is 14.2 Å². The predicted octanol–water partition coefficient (Wildman–Crippen LogP) is 3.69. The molecule has 0 saturated heterocycles. The van der Waals surface area contributed by atoms with Gasteiger partial charge in [0.1, 0.15) is 0 Å². The Labute approximate surface area is 143 Å². The quantitative estimate of drug-likeness (QED) is 0.844. The highest BCUT2D eigenvalue weighted by atomic mass is 16.5. The molecule has 0 bridgehead atoms. The number of hydrogen-bond donors (Lipinski definition) is 1. The zero-order valence-corrected chi connectivity index (χ0v) is 14.8. The fourth-order valence-electron chi connectivity index (χ4n) is 2.65. The Hall–Kier alpha value is -2.49. The SMILES string of the molecule is COc1ccc(CNC(=O)CC(C)(C)c2ccccc2)cc1OC. The fraction of sp³-hybridized carbons (Fsp3) is 0.350. The van der Waals surface area contributed by atoms with Crippen molar-refractivity contribution in [3.63, 3.8) is 0 Å². The van der Waals surface area contributed by atoms with E-state index in [0.29, 0.717) is 24.5 Å². The van der Waals surface area contributed by atoms with Crippen molar-refractivity contribution < 1.29 is 14.3 Å². The molecule has 0 aliphatic heterocycles. The van der Waals surface area contributed by atoms with Gasteiger partial charge in [-0.15, -0.1) is 0 Å². The molecular weight excluding hydrogens is 302 g/mol. The molecule has 2 aromatic rings. The van der Waals surface area contributed by atoms with Crippen molar-refractivity contribution in [1.29, 1.82) is 0 Å². The van der Waals surface area contributed by atoms with E-state index >= 15 is 0 Å². The lowest BCUT2D eigenvalue weighted by molar-refractivity contribution is -0.122. The summed E-state index contributed by atoms with van der Waals surface area (Å²) in [5.41, 5.74) is 1.92. The van der Waals surface area contributed by atoms with Crippen LogP contribution in [0.1, 0.15) is 31.4 Å². The van der Waals surface area contributed by atoms with Gasteiger partial charge in [0, 0.05) is 13.0 Å². The third-order valence-corrected chi connectivity index (χ3v) is 4.10. The van der Waals surface area contributed by atoms with Crippen LogP contribution < -0.4 is 14.8 Å². The maximum Gasteiger partial charge on any atom is 0.221 e. The lowest BCUT2D eigenvalue weighted by atomic mass is 9.81. The van der Waals surface area contributed by atoms with Crippen LogP contribution in [0.2, 0.25) is 0 Å². The van der Waals surface area contributed by atoms with Crippen LogP contribution in [0.5, 0.6) is 11.5 Å². The number of nitrogens with one attached hydrogen (secondary N) is 1. The average Bonchev–Trinajstić information content (AvgIpc) is 2.60. The number of benzene rings is 2. The van der Waals surface area contributed by atoms with Crippen LogP contribution in [-0.2, 0) is 16.8 Å². The van der Waals surface area contributed by atoms with Gasteiger partial charge in [-0.2, -0.15) is 0 Å². The van der Waals surface area contributed by atoms with Crippen LogP contribution in [0.15, 0.2) is 48.5 Å². The lowest BCUT2D eigenvalue weighted by Gasteiger charge is -2.24. The van der Waals surface area contributed by atoms with Gasteiger partial charge < -0.3 is 14.8 Å². The van der Waals surface area contributed by atoms with E-state index in [9.17, 15) is 4.79 Å². The zero-order chi connectivity index (χ0) is 17.6. The summed E-state index contributed by atoms with van der Waals surface area (Å²) in [4.78, 5) is 12.3. The summed E-state index contributed by atoms with van der Waals surface area (Å²) in [6.45, 7) is 4.63. The Morgan fingerprint density at radius 2 is 1.67 bits per heavy atom. The molecule has 0 radical (unpaired) electrons. The van der Waals surface area contributed by atoms with E-state index in [4.69, 9.17) is 9.47 Å². The number of methoxy groups -OCH3 is 2. The number of carbonyl (C=O) groups is 1. The number of ether oxygens (including phenoxy) is 2. The third-order valence-electron chi connectivity index (χ3n) is 4.10. The Balaban J connectivity index is 1.96. The number of rotatable bonds is 7. The molecular formula is C20H25NO3. The predicted molar refractivity (Wildman–Crippen MR) is 95.5 cm³/mol. The van der Waals surface area contributed by atoms with Crippen molar-refractivity contribution in [2.45, 2.75) is 32.2 Å². The largest absolute Gasteiger partial charge is 0.493 e. The highest BCUT2D eigenvalue weighted by molar-refractivity contribution is 5.77. The van der Waals surface area contributed by atoms with Gasteiger partial charge in [-0.25, -0.2) is 0 Å². The number of hydrogen-bond acceptors (Lipinski definition) is 3. The summed E-state index contributed by atoms with van der Waals surface area (Å²) >= 11 is 0. The van der Waals surface area contributed by atoms with Gasteiger partial charge in [0.05, 0.1) is 14.2 Å². The first-order chi connectivity index (χ1) is 11.5. The Morgan fingerprint density at radius 3 is 2.29 bits per heavy atom. The van der Waals surface area contributed by atoms with Gasteiger partial charge in [-0.1, -0.05) is 50.2 Å². The van der Waals surface area contributed by atoms with Crippen LogP contribution in [0.25, 0.3) is 0 Å². The molecule has 4 nitrogen and oxygen atoms in total. The van der Waals surface area contributed by atoms with Crippen molar-refractivity contribution in [2.24, 2.45) is 0 Å². The Morgan fingerprint density at radius 1 is 1.00 bits per heavy atom. The molecule has 0 atom stereocenters. The summed E-state index contributed by atoms with van der Waals surface area (Å²) in [7, 11) is 3.20. The normalized spacial score (nSPS) is 11.0. The minimum Gasteiger partial charge on any atom is -0.493 e. The molecule has 1 N–H and O–H groups in total. The molecule has 0 heterocycles. The van der Waals surface area contributed by atoms with Crippen LogP contribution in [0, 0.1) is 0 Å². The maximum atomic E-state index is 12.3. The molecule has 0 saturated carbocycles. The van der Waals surface area contributed by atoms with Crippen molar-refractivity contribution in [3.05, 3.63) is 59.7 Å². The number of carbonyl (C=O) groups excluding carboxylic acids is 1. The van der Waals surface area contributed by atoms with Crippen LogP contribution in [0.4, 0.5) is 0 Å².